The van der Waals surface area contributed by atoms with E-state index >= 15 is 0 Å². The third kappa shape index (κ3) is 7.75. The van der Waals surface area contributed by atoms with E-state index in [-0.39, 0.29) is 12.4 Å². The molecule has 0 radical (unpaired) electrons. The number of nitrogens with one attached hydrogen (secondary N) is 1. The first kappa shape index (κ1) is 23.2. The lowest BCUT2D eigenvalue weighted by Crippen LogP contribution is -2.35. The molecule has 150 valence electrons. The number of rotatable bonds is 6. The van der Waals surface area contributed by atoms with Crippen molar-refractivity contribution in [2.24, 2.45) is 0 Å². The van der Waals surface area contributed by atoms with Gasteiger partial charge >= 0.3 is 0 Å². The second-order valence-electron chi connectivity index (χ2n) is 6.92. The lowest BCUT2D eigenvalue weighted by atomic mass is 10.1. The fourth-order valence-electron chi connectivity index (χ4n) is 2.72. The molecule has 1 saturated heterocycles. The zero-order chi connectivity index (χ0) is 18.9. The van der Waals surface area contributed by atoms with Crippen molar-refractivity contribution < 1.29 is 14.6 Å². The summed E-state index contributed by atoms with van der Waals surface area (Å²) in [5, 5.41) is 15.3. The Morgan fingerprint density at radius 3 is 2.48 bits per heavy atom. The van der Waals surface area contributed by atoms with Crippen LogP contribution in [0.25, 0.3) is 10.8 Å². The van der Waals surface area contributed by atoms with Crippen LogP contribution in [0.3, 0.4) is 0 Å². The number of benzene rings is 2. The van der Waals surface area contributed by atoms with Gasteiger partial charge in [0.05, 0.1) is 0 Å². The standard InChI is InChI=1S/C16H21NO2.C5H9NO.ClH/c1-12(2)17-10-14(18)11-19-16-9-5-7-13-6-3-4-8-15(13)16;1-6-4-2-3-5(6)7;/h3-9,12,14,17-18H,10-11H2,1-2H3;2-4H2,1H3;1H. The molecule has 1 aliphatic heterocycles. The van der Waals surface area contributed by atoms with E-state index in [4.69, 9.17) is 4.74 Å². The predicted molar refractivity (Wildman–Crippen MR) is 113 cm³/mol. The summed E-state index contributed by atoms with van der Waals surface area (Å²) in [6.45, 7) is 5.91. The zero-order valence-electron chi connectivity index (χ0n) is 16.4. The molecule has 0 spiro atoms. The summed E-state index contributed by atoms with van der Waals surface area (Å²) in [6, 6.07) is 14.4. The van der Waals surface area contributed by atoms with Gasteiger partial charge in [0.25, 0.3) is 0 Å². The summed E-state index contributed by atoms with van der Waals surface area (Å²) < 4.78 is 5.72. The van der Waals surface area contributed by atoms with Crippen LogP contribution in [-0.2, 0) is 4.79 Å². The molecule has 2 aromatic carbocycles. The van der Waals surface area contributed by atoms with Crippen LogP contribution in [0.2, 0.25) is 0 Å². The van der Waals surface area contributed by atoms with Crippen LogP contribution < -0.4 is 10.1 Å². The Balaban J connectivity index is 0.000000385. The molecule has 1 fully saturated rings. The SMILES string of the molecule is CC(C)NCC(O)COc1cccc2ccccc12.CN1CCCC1=O.Cl. The van der Waals surface area contributed by atoms with Crippen molar-refractivity contribution in [1.82, 2.24) is 10.2 Å². The Morgan fingerprint density at radius 1 is 1.19 bits per heavy atom. The Bertz CT molecular complexity index is 703. The summed E-state index contributed by atoms with van der Waals surface area (Å²) in [5.74, 6) is 1.11. The smallest absolute Gasteiger partial charge is 0.222 e. The lowest BCUT2D eigenvalue weighted by Gasteiger charge is -2.15. The minimum atomic E-state index is -0.499. The average Bonchev–Trinajstić information content (AvgIpc) is 3.01. The number of hydrogen-bond donors (Lipinski definition) is 2. The third-order valence-electron chi connectivity index (χ3n) is 4.25. The topological polar surface area (TPSA) is 61.8 Å². The van der Waals surface area contributed by atoms with Gasteiger partial charge in [-0.25, -0.2) is 0 Å². The quantitative estimate of drug-likeness (QED) is 0.789. The normalized spacial score (nSPS) is 14.6. The first-order valence-electron chi connectivity index (χ1n) is 9.23. The second kappa shape index (κ2) is 11.8. The summed E-state index contributed by atoms with van der Waals surface area (Å²) in [7, 11) is 1.84. The molecular weight excluding hydrogens is 364 g/mol. The molecule has 6 heteroatoms. The van der Waals surface area contributed by atoms with Gasteiger partial charge in [-0.1, -0.05) is 50.2 Å². The van der Waals surface area contributed by atoms with E-state index in [0.717, 1.165) is 35.9 Å². The fraction of sp³-hybridized carbons (Fsp3) is 0.476. The maximum Gasteiger partial charge on any atom is 0.222 e. The molecule has 1 amide bonds. The van der Waals surface area contributed by atoms with Crippen LogP contribution in [0, 0.1) is 0 Å². The highest BCUT2D eigenvalue weighted by molar-refractivity contribution is 5.88. The van der Waals surface area contributed by atoms with E-state index in [0.29, 0.717) is 25.1 Å². The first-order chi connectivity index (χ1) is 12.5. The van der Waals surface area contributed by atoms with Crippen LogP contribution in [0.1, 0.15) is 26.7 Å². The molecule has 1 unspecified atom stereocenters. The monoisotopic (exact) mass is 394 g/mol. The fourth-order valence-corrected chi connectivity index (χ4v) is 2.72. The van der Waals surface area contributed by atoms with Gasteiger partial charge in [-0.3, -0.25) is 4.79 Å². The van der Waals surface area contributed by atoms with Crippen molar-refractivity contribution in [2.75, 3.05) is 26.7 Å². The van der Waals surface area contributed by atoms with Gasteiger partial charge in [-0.05, 0) is 17.9 Å². The van der Waals surface area contributed by atoms with Gasteiger partial charge in [-0.2, -0.15) is 0 Å². The summed E-state index contributed by atoms with van der Waals surface area (Å²) in [4.78, 5) is 12.3. The largest absolute Gasteiger partial charge is 0.490 e. The number of amides is 1. The number of halogens is 1. The summed E-state index contributed by atoms with van der Waals surface area (Å²) in [6.07, 6.45) is 1.31. The molecule has 27 heavy (non-hydrogen) atoms. The van der Waals surface area contributed by atoms with E-state index < -0.39 is 6.10 Å². The maximum absolute atomic E-state index is 10.5. The Labute approximate surface area is 168 Å². The number of hydrogen-bond acceptors (Lipinski definition) is 4. The number of fused-ring (bicyclic) bond motifs is 1. The molecule has 0 saturated carbocycles. The van der Waals surface area contributed by atoms with E-state index in [1.165, 1.54) is 0 Å². The Kier molecular flexibility index (Phi) is 10.1. The number of aliphatic hydroxyl groups is 1. The Morgan fingerprint density at radius 2 is 1.89 bits per heavy atom. The summed E-state index contributed by atoms with van der Waals surface area (Å²) in [5.41, 5.74) is 0. The van der Waals surface area contributed by atoms with Gasteiger partial charge in [0.1, 0.15) is 18.5 Å². The van der Waals surface area contributed by atoms with Gasteiger partial charge in [0.2, 0.25) is 5.91 Å². The van der Waals surface area contributed by atoms with Crippen molar-refractivity contribution in [3.63, 3.8) is 0 Å². The number of ether oxygens (including phenoxy) is 1. The molecule has 0 bridgehead atoms. The number of carbonyl (C=O) groups is 1. The van der Waals surface area contributed by atoms with Crippen LogP contribution >= 0.6 is 12.4 Å². The van der Waals surface area contributed by atoms with Crippen LogP contribution in [-0.4, -0.2) is 54.8 Å². The Hall–Kier alpha value is -1.82. The van der Waals surface area contributed by atoms with E-state index in [2.05, 4.69) is 31.3 Å². The van der Waals surface area contributed by atoms with Gasteiger partial charge in [0, 0.05) is 38.0 Å². The average molecular weight is 395 g/mol. The van der Waals surface area contributed by atoms with Gasteiger partial charge in [-0.15, -0.1) is 12.4 Å². The molecule has 0 aliphatic carbocycles. The highest BCUT2D eigenvalue weighted by Crippen LogP contribution is 2.25. The minimum Gasteiger partial charge on any atom is -0.490 e. The van der Waals surface area contributed by atoms with E-state index in [1.807, 2.05) is 37.4 Å². The molecule has 2 aromatic rings. The highest BCUT2D eigenvalue weighted by Gasteiger charge is 2.14. The number of likely N-dealkylation sites (tertiary alicyclic amines) is 1. The molecule has 1 atom stereocenters. The van der Waals surface area contributed by atoms with Crippen LogP contribution in [0.5, 0.6) is 5.75 Å². The maximum atomic E-state index is 10.5. The second-order valence-corrected chi connectivity index (χ2v) is 6.92. The van der Waals surface area contributed by atoms with Gasteiger partial charge in [0.15, 0.2) is 0 Å². The molecule has 5 nitrogen and oxygen atoms in total. The van der Waals surface area contributed by atoms with Crippen LogP contribution in [0.15, 0.2) is 42.5 Å². The zero-order valence-corrected chi connectivity index (χ0v) is 17.2. The van der Waals surface area contributed by atoms with Crippen molar-refractivity contribution >= 4 is 29.1 Å². The molecule has 1 heterocycles. The van der Waals surface area contributed by atoms with Crippen molar-refractivity contribution in [2.45, 2.75) is 38.8 Å². The van der Waals surface area contributed by atoms with Crippen molar-refractivity contribution in [3.8, 4) is 5.75 Å². The minimum absolute atomic E-state index is 0. The van der Waals surface area contributed by atoms with E-state index in [1.54, 1.807) is 4.90 Å². The lowest BCUT2D eigenvalue weighted by molar-refractivity contribution is -0.126. The number of aliphatic hydroxyl groups excluding tert-OH is 1. The molecule has 1 aliphatic rings. The molecule has 0 aromatic heterocycles. The van der Waals surface area contributed by atoms with Crippen molar-refractivity contribution in [1.29, 1.82) is 0 Å². The molecule has 2 N–H and O–H groups in total. The first-order valence-corrected chi connectivity index (χ1v) is 9.23. The highest BCUT2D eigenvalue weighted by atomic mass is 35.5. The number of carbonyl (C=O) groups excluding carboxylic acids is 1. The summed E-state index contributed by atoms with van der Waals surface area (Å²) >= 11 is 0. The molecular formula is C21H31ClN2O3. The molecule has 3 rings (SSSR count). The van der Waals surface area contributed by atoms with Crippen LogP contribution in [0.4, 0.5) is 0 Å². The number of nitrogens with zero attached hydrogens (tertiary/aromatic N) is 1. The van der Waals surface area contributed by atoms with E-state index in [9.17, 15) is 9.90 Å². The third-order valence-corrected chi connectivity index (χ3v) is 4.25. The predicted octanol–water partition coefficient (Wildman–Crippen LogP) is 3.24. The van der Waals surface area contributed by atoms with Gasteiger partial charge < -0.3 is 20.1 Å². The van der Waals surface area contributed by atoms with Crippen molar-refractivity contribution in [3.05, 3.63) is 42.5 Å².